The van der Waals surface area contributed by atoms with Gasteiger partial charge in [-0.1, -0.05) is 15.9 Å². The average Bonchev–Trinajstić information content (AvgIpc) is 2.75. The molecule has 106 valence electrons. The molecule has 0 aliphatic heterocycles. The van der Waals surface area contributed by atoms with Crippen molar-refractivity contribution in [2.45, 2.75) is 11.9 Å². The smallest absolute Gasteiger partial charge is 0.337 e. The van der Waals surface area contributed by atoms with Crippen molar-refractivity contribution in [2.75, 3.05) is 4.72 Å². The van der Waals surface area contributed by atoms with Gasteiger partial charge < -0.3 is 10.1 Å². The van der Waals surface area contributed by atoms with Gasteiger partial charge >= 0.3 is 5.97 Å². The Kier molecular flexibility index (Phi) is 3.82. The lowest BCUT2D eigenvalue weighted by molar-refractivity contribution is 0.0698. The topological polar surface area (TPSA) is 112 Å². The standard InChI is InChI=1S/C11H10BrN3O4S/c1-6-13-5-10(14-6)20(18,19)15-9-4-7(12)2-3-8(9)11(16)17/h2-5,15H,1H3,(H,13,14)(H,16,17). The fourth-order valence-electron chi connectivity index (χ4n) is 1.52. The highest BCUT2D eigenvalue weighted by atomic mass is 79.9. The van der Waals surface area contributed by atoms with Crippen LogP contribution in [0.25, 0.3) is 0 Å². The minimum atomic E-state index is -3.92. The van der Waals surface area contributed by atoms with Gasteiger partial charge in [0.1, 0.15) is 5.82 Å². The number of sulfonamides is 1. The highest BCUT2D eigenvalue weighted by Crippen LogP contribution is 2.24. The van der Waals surface area contributed by atoms with E-state index in [0.29, 0.717) is 10.3 Å². The third kappa shape index (κ3) is 2.99. The Morgan fingerprint density at radius 3 is 2.70 bits per heavy atom. The zero-order valence-electron chi connectivity index (χ0n) is 10.2. The summed E-state index contributed by atoms with van der Waals surface area (Å²) in [6, 6.07) is 4.20. The van der Waals surface area contributed by atoms with E-state index in [0.717, 1.165) is 6.20 Å². The summed E-state index contributed by atoms with van der Waals surface area (Å²) in [5, 5.41) is 8.92. The number of benzene rings is 1. The predicted octanol–water partition coefficient (Wildman–Crippen LogP) is 1.98. The number of aromatic carboxylic acids is 1. The minimum Gasteiger partial charge on any atom is -0.478 e. The van der Waals surface area contributed by atoms with E-state index in [1.54, 1.807) is 6.92 Å². The molecular weight excluding hydrogens is 350 g/mol. The summed E-state index contributed by atoms with van der Waals surface area (Å²) in [7, 11) is -3.92. The summed E-state index contributed by atoms with van der Waals surface area (Å²) in [5.41, 5.74) is -0.174. The van der Waals surface area contributed by atoms with Gasteiger partial charge in [0.25, 0.3) is 10.0 Å². The lowest BCUT2D eigenvalue weighted by Gasteiger charge is -2.09. The monoisotopic (exact) mass is 359 g/mol. The second-order valence-electron chi connectivity index (χ2n) is 3.93. The largest absolute Gasteiger partial charge is 0.478 e. The van der Waals surface area contributed by atoms with E-state index in [-0.39, 0.29) is 16.3 Å². The SMILES string of the molecule is Cc1ncc(S(=O)(=O)Nc2cc(Br)ccc2C(=O)O)[nH]1. The van der Waals surface area contributed by atoms with Crippen LogP contribution in [0.3, 0.4) is 0 Å². The molecule has 0 fully saturated rings. The van der Waals surface area contributed by atoms with Gasteiger partial charge in [0.05, 0.1) is 17.4 Å². The quantitative estimate of drug-likeness (QED) is 0.772. The van der Waals surface area contributed by atoms with Gasteiger partial charge in [0, 0.05) is 4.47 Å². The number of nitrogens with zero attached hydrogens (tertiary/aromatic N) is 1. The van der Waals surface area contributed by atoms with Gasteiger partial charge in [-0.05, 0) is 25.1 Å². The lowest BCUT2D eigenvalue weighted by atomic mass is 10.2. The number of hydrogen-bond acceptors (Lipinski definition) is 4. The van der Waals surface area contributed by atoms with Gasteiger partial charge in [-0.3, -0.25) is 4.72 Å². The molecule has 20 heavy (non-hydrogen) atoms. The summed E-state index contributed by atoms with van der Waals surface area (Å²) in [6.45, 7) is 1.61. The number of imidazole rings is 1. The molecule has 7 nitrogen and oxygen atoms in total. The van der Waals surface area contributed by atoms with Crippen LogP contribution in [0, 0.1) is 6.92 Å². The molecule has 1 aromatic carbocycles. The number of carboxylic acid groups (broad SMARTS) is 1. The highest BCUT2D eigenvalue weighted by molar-refractivity contribution is 9.10. The molecule has 0 aliphatic carbocycles. The third-order valence-electron chi connectivity index (χ3n) is 2.43. The van der Waals surface area contributed by atoms with Crippen LogP contribution < -0.4 is 4.72 Å². The number of H-pyrrole nitrogens is 1. The zero-order valence-corrected chi connectivity index (χ0v) is 12.6. The van der Waals surface area contributed by atoms with E-state index in [1.807, 2.05) is 0 Å². The Morgan fingerprint density at radius 1 is 1.45 bits per heavy atom. The number of aromatic amines is 1. The maximum Gasteiger partial charge on any atom is 0.337 e. The van der Waals surface area contributed by atoms with Crippen molar-refractivity contribution in [3.8, 4) is 0 Å². The van der Waals surface area contributed by atoms with Crippen molar-refractivity contribution in [2.24, 2.45) is 0 Å². The van der Waals surface area contributed by atoms with Crippen molar-refractivity contribution in [1.29, 1.82) is 0 Å². The summed E-state index contributed by atoms with van der Waals surface area (Å²) in [6.07, 6.45) is 1.16. The van der Waals surface area contributed by atoms with Crippen molar-refractivity contribution < 1.29 is 18.3 Å². The van der Waals surface area contributed by atoms with Gasteiger partial charge in [-0.15, -0.1) is 0 Å². The van der Waals surface area contributed by atoms with Gasteiger partial charge in [-0.2, -0.15) is 8.42 Å². The first-order chi connectivity index (χ1) is 9.29. The number of aryl methyl sites for hydroxylation is 1. The molecule has 9 heteroatoms. The first-order valence-corrected chi connectivity index (χ1v) is 7.64. The lowest BCUT2D eigenvalue weighted by Crippen LogP contribution is -2.16. The summed E-state index contributed by atoms with van der Waals surface area (Å²) < 4.78 is 27.0. The van der Waals surface area contributed by atoms with Crippen LogP contribution in [0.2, 0.25) is 0 Å². The molecule has 0 unspecified atom stereocenters. The van der Waals surface area contributed by atoms with Crippen LogP contribution in [-0.2, 0) is 10.0 Å². The van der Waals surface area contributed by atoms with Crippen LogP contribution in [0.5, 0.6) is 0 Å². The first kappa shape index (κ1) is 14.5. The normalized spacial score (nSPS) is 11.3. The molecule has 1 aromatic heterocycles. The number of carboxylic acids is 1. The fourth-order valence-corrected chi connectivity index (χ4v) is 2.92. The predicted molar refractivity (Wildman–Crippen MR) is 75.2 cm³/mol. The van der Waals surface area contributed by atoms with Crippen LogP contribution >= 0.6 is 15.9 Å². The zero-order chi connectivity index (χ0) is 14.9. The molecule has 2 aromatic rings. The first-order valence-electron chi connectivity index (χ1n) is 5.37. The van der Waals surface area contributed by atoms with Gasteiger partial charge in [0.15, 0.2) is 5.03 Å². The van der Waals surface area contributed by atoms with Crippen molar-refractivity contribution in [1.82, 2.24) is 9.97 Å². The molecule has 2 rings (SSSR count). The van der Waals surface area contributed by atoms with Crippen LogP contribution in [0.15, 0.2) is 33.9 Å². The van der Waals surface area contributed by atoms with E-state index in [9.17, 15) is 13.2 Å². The van der Waals surface area contributed by atoms with Crippen LogP contribution in [0.4, 0.5) is 5.69 Å². The fraction of sp³-hybridized carbons (Fsp3) is 0.0909. The second kappa shape index (κ2) is 5.25. The van der Waals surface area contributed by atoms with Crippen molar-refractivity contribution in [3.63, 3.8) is 0 Å². The number of halogens is 1. The van der Waals surface area contributed by atoms with E-state index >= 15 is 0 Å². The summed E-state index contributed by atoms with van der Waals surface area (Å²) >= 11 is 3.17. The molecule has 0 radical (unpaired) electrons. The van der Waals surface area contributed by atoms with Crippen LogP contribution in [0.1, 0.15) is 16.2 Å². The van der Waals surface area contributed by atoms with E-state index in [1.165, 1.54) is 18.2 Å². The molecule has 0 saturated carbocycles. The van der Waals surface area contributed by atoms with Gasteiger partial charge in [0.2, 0.25) is 0 Å². The molecule has 3 N–H and O–H groups in total. The van der Waals surface area contributed by atoms with E-state index < -0.39 is 16.0 Å². The van der Waals surface area contributed by atoms with Crippen LogP contribution in [-0.4, -0.2) is 29.5 Å². The molecule has 0 amide bonds. The maximum absolute atomic E-state index is 12.1. The number of carbonyl (C=O) groups is 1. The van der Waals surface area contributed by atoms with E-state index in [2.05, 4.69) is 30.6 Å². The average molecular weight is 360 g/mol. The molecule has 0 bridgehead atoms. The number of rotatable bonds is 4. The molecule has 0 saturated heterocycles. The number of hydrogen-bond donors (Lipinski definition) is 3. The molecule has 0 spiro atoms. The Hall–Kier alpha value is -1.87. The van der Waals surface area contributed by atoms with Crippen molar-refractivity contribution >= 4 is 37.6 Å². The molecular formula is C11H10BrN3O4S. The molecule has 1 heterocycles. The van der Waals surface area contributed by atoms with Gasteiger partial charge in [-0.25, -0.2) is 9.78 Å². The Bertz CT molecular complexity index is 770. The maximum atomic E-state index is 12.1. The summed E-state index contributed by atoms with van der Waals surface area (Å²) in [5.74, 6) is -0.783. The Labute approximate surface area is 123 Å². The number of aromatic nitrogens is 2. The second-order valence-corrected chi connectivity index (χ2v) is 6.50. The molecule has 0 aliphatic rings. The van der Waals surface area contributed by atoms with Crippen molar-refractivity contribution in [3.05, 3.63) is 40.3 Å². The van der Waals surface area contributed by atoms with E-state index in [4.69, 9.17) is 5.11 Å². The third-order valence-corrected chi connectivity index (χ3v) is 4.19. The Morgan fingerprint density at radius 2 is 2.15 bits per heavy atom. The summed E-state index contributed by atoms with van der Waals surface area (Å²) in [4.78, 5) is 17.5. The molecule has 0 atom stereocenters. The Balaban J connectivity index is 2.44. The minimum absolute atomic E-state index is 0.0286. The number of anilines is 1. The highest BCUT2D eigenvalue weighted by Gasteiger charge is 2.20. The number of nitrogens with one attached hydrogen (secondary N) is 2.